The smallest absolute Gasteiger partial charge is 0.244 e. The van der Waals surface area contributed by atoms with Crippen molar-refractivity contribution < 1.29 is 4.74 Å². The number of nitrogens with one attached hydrogen (secondary N) is 2. The Balaban J connectivity index is 1.56. The number of ether oxygens (including phenoxy) is 1. The Morgan fingerprint density at radius 1 is 1.33 bits per heavy atom. The van der Waals surface area contributed by atoms with Crippen molar-refractivity contribution in [3.63, 3.8) is 0 Å². The molecule has 2 saturated heterocycles. The van der Waals surface area contributed by atoms with Crippen molar-refractivity contribution in [1.82, 2.24) is 20.5 Å². The molecule has 0 spiro atoms. The largest absolute Gasteiger partial charge is 0.378 e. The fourth-order valence-electron chi connectivity index (χ4n) is 3.40. The molecular formula is C15H27N5O. The molecule has 3 rings (SSSR count). The fourth-order valence-corrected chi connectivity index (χ4v) is 3.40. The summed E-state index contributed by atoms with van der Waals surface area (Å²) in [5, 5.41) is 10.8. The van der Waals surface area contributed by atoms with Gasteiger partial charge < -0.3 is 15.0 Å². The zero-order valence-electron chi connectivity index (χ0n) is 13.0. The second kappa shape index (κ2) is 7.22. The lowest BCUT2D eigenvalue weighted by molar-refractivity contribution is 0.0157. The first-order chi connectivity index (χ1) is 10.3. The van der Waals surface area contributed by atoms with Gasteiger partial charge in [-0.15, -0.1) is 5.10 Å². The average molecular weight is 293 g/mol. The minimum atomic E-state index is 0.318. The highest BCUT2D eigenvalue weighted by Gasteiger charge is 2.23. The summed E-state index contributed by atoms with van der Waals surface area (Å²) in [5.74, 6) is 2.53. The van der Waals surface area contributed by atoms with Gasteiger partial charge >= 0.3 is 0 Å². The highest BCUT2D eigenvalue weighted by Crippen LogP contribution is 2.21. The van der Waals surface area contributed by atoms with Crippen LogP contribution in [-0.4, -0.2) is 54.6 Å². The van der Waals surface area contributed by atoms with Gasteiger partial charge in [0.15, 0.2) is 0 Å². The molecule has 2 atom stereocenters. The molecule has 0 aliphatic carbocycles. The van der Waals surface area contributed by atoms with E-state index in [0.717, 1.165) is 50.9 Å². The predicted molar refractivity (Wildman–Crippen MR) is 82.5 cm³/mol. The van der Waals surface area contributed by atoms with Gasteiger partial charge in [0.1, 0.15) is 5.82 Å². The van der Waals surface area contributed by atoms with Crippen molar-refractivity contribution in [3.05, 3.63) is 5.82 Å². The molecule has 0 bridgehead atoms. The van der Waals surface area contributed by atoms with Crippen molar-refractivity contribution in [2.45, 2.75) is 44.6 Å². The molecule has 2 aliphatic rings. The molecule has 1 aromatic rings. The van der Waals surface area contributed by atoms with E-state index < -0.39 is 0 Å². The molecule has 0 amide bonds. The second-order valence-electron chi connectivity index (χ2n) is 6.29. The number of anilines is 1. The van der Waals surface area contributed by atoms with Gasteiger partial charge in [0.2, 0.25) is 5.95 Å². The van der Waals surface area contributed by atoms with E-state index >= 15 is 0 Å². The van der Waals surface area contributed by atoms with Crippen molar-refractivity contribution in [2.24, 2.45) is 5.92 Å². The summed E-state index contributed by atoms with van der Waals surface area (Å²) in [5.41, 5.74) is 0. The molecule has 2 fully saturated rings. The summed E-state index contributed by atoms with van der Waals surface area (Å²) in [4.78, 5) is 6.99. The van der Waals surface area contributed by atoms with E-state index in [1.54, 1.807) is 0 Å². The summed E-state index contributed by atoms with van der Waals surface area (Å²) in [6.45, 7) is 4.09. The Morgan fingerprint density at radius 2 is 2.29 bits per heavy atom. The minimum Gasteiger partial charge on any atom is -0.378 e. The zero-order valence-corrected chi connectivity index (χ0v) is 13.0. The molecule has 6 nitrogen and oxygen atoms in total. The fraction of sp³-hybridized carbons (Fsp3) is 0.867. The molecule has 0 radical (unpaired) electrons. The van der Waals surface area contributed by atoms with Crippen LogP contribution in [-0.2, 0) is 11.2 Å². The average Bonchev–Trinajstić information content (AvgIpc) is 2.97. The van der Waals surface area contributed by atoms with Gasteiger partial charge in [-0.25, -0.2) is 0 Å². The van der Waals surface area contributed by atoms with Crippen molar-refractivity contribution >= 4 is 5.95 Å². The van der Waals surface area contributed by atoms with Crippen LogP contribution < -0.4 is 10.2 Å². The number of aromatic nitrogens is 3. The van der Waals surface area contributed by atoms with E-state index in [-0.39, 0.29) is 0 Å². The molecular weight excluding hydrogens is 266 g/mol. The van der Waals surface area contributed by atoms with Gasteiger partial charge in [-0.1, -0.05) is 0 Å². The highest BCUT2D eigenvalue weighted by atomic mass is 16.5. The third kappa shape index (κ3) is 3.95. The van der Waals surface area contributed by atoms with Crippen LogP contribution >= 0.6 is 0 Å². The molecule has 1 aromatic heterocycles. The van der Waals surface area contributed by atoms with Gasteiger partial charge in [-0.3, -0.25) is 5.10 Å². The molecule has 2 unspecified atom stereocenters. The molecule has 2 N–H and O–H groups in total. The third-order valence-corrected chi connectivity index (χ3v) is 4.51. The van der Waals surface area contributed by atoms with Crippen LogP contribution in [0.15, 0.2) is 0 Å². The van der Waals surface area contributed by atoms with Crippen LogP contribution in [0.3, 0.4) is 0 Å². The Morgan fingerprint density at radius 3 is 3.10 bits per heavy atom. The second-order valence-corrected chi connectivity index (χ2v) is 6.29. The van der Waals surface area contributed by atoms with Crippen molar-refractivity contribution in [2.75, 3.05) is 38.2 Å². The van der Waals surface area contributed by atoms with E-state index in [9.17, 15) is 0 Å². The zero-order chi connectivity index (χ0) is 14.5. The minimum absolute atomic E-state index is 0.318. The molecule has 0 saturated carbocycles. The standard InChI is InChI=1S/C15H27N5O/c1-16-10-12-5-4-7-20(11-12)15-17-14(18-19-15)9-13-6-2-3-8-21-13/h12-13,16H,2-11H2,1H3,(H,17,18,19). The monoisotopic (exact) mass is 293 g/mol. The molecule has 3 heterocycles. The van der Waals surface area contributed by atoms with E-state index in [2.05, 4.69) is 25.4 Å². The van der Waals surface area contributed by atoms with Crippen LogP contribution in [0.4, 0.5) is 5.95 Å². The Bertz CT molecular complexity index is 427. The van der Waals surface area contributed by atoms with E-state index in [1.807, 2.05) is 7.05 Å². The quantitative estimate of drug-likeness (QED) is 0.858. The molecule has 2 aliphatic heterocycles. The summed E-state index contributed by atoms with van der Waals surface area (Å²) < 4.78 is 5.78. The van der Waals surface area contributed by atoms with Crippen molar-refractivity contribution in [3.8, 4) is 0 Å². The first-order valence-electron chi connectivity index (χ1n) is 8.27. The van der Waals surface area contributed by atoms with E-state index in [0.29, 0.717) is 12.0 Å². The van der Waals surface area contributed by atoms with E-state index in [4.69, 9.17) is 4.74 Å². The number of aromatic amines is 1. The summed E-state index contributed by atoms with van der Waals surface area (Å²) in [7, 11) is 2.02. The number of piperidine rings is 1. The Kier molecular flexibility index (Phi) is 5.08. The normalized spacial score (nSPS) is 27.0. The molecule has 6 heteroatoms. The lowest BCUT2D eigenvalue weighted by atomic mass is 9.98. The lowest BCUT2D eigenvalue weighted by Crippen LogP contribution is -2.39. The third-order valence-electron chi connectivity index (χ3n) is 4.51. The maximum absolute atomic E-state index is 5.78. The Hall–Kier alpha value is -1.14. The first-order valence-corrected chi connectivity index (χ1v) is 8.27. The summed E-state index contributed by atoms with van der Waals surface area (Å²) in [6.07, 6.45) is 7.30. The van der Waals surface area contributed by atoms with Crippen LogP contribution in [0.2, 0.25) is 0 Å². The van der Waals surface area contributed by atoms with Crippen LogP contribution in [0.1, 0.15) is 37.9 Å². The predicted octanol–water partition coefficient (Wildman–Crippen LogP) is 1.35. The van der Waals surface area contributed by atoms with Crippen LogP contribution in [0.5, 0.6) is 0 Å². The topological polar surface area (TPSA) is 66.1 Å². The first kappa shape index (κ1) is 14.8. The SMILES string of the molecule is CNCC1CCCN(c2n[nH]c(CC3CCCCO3)n2)C1. The Labute approximate surface area is 126 Å². The number of rotatable bonds is 5. The highest BCUT2D eigenvalue weighted by molar-refractivity contribution is 5.29. The summed E-state index contributed by atoms with van der Waals surface area (Å²) in [6, 6.07) is 0. The summed E-state index contributed by atoms with van der Waals surface area (Å²) >= 11 is 0. The van der Waals surface area contributed by atoms with Gasteiger partial charge in [0.05, 0.1) is 6.10 Å². The molecule has 0 aromatic carbocycles. The van der Waals surface area contributed by atoms with Gasteiger partial charge in [-0.2, -0.15) is 4.98 Å². The maximum Gasteiger partial charge on any atom is 0.244 e. The van der Waals surface area contributed by atoms with Crippen molar-refractivity contribution in [1.29, 1.82) is 0 Å². The lowest BCUT2D eigenvalue weighted by Gasteiger charge is -2.31. The van der Waals surface area contributed by atoms with Crippen LogP contribution in [0.25, 0.3) is 0 Å². The van der Waals surface area contributed by atoms with E-state index in [1.165, 1.54) is 25.7 Å². The number of nitrogens with zero attached hydrogens (tertiary/aromatic N) is 3. The number of H-pyrrole nitrogens is 1. The van der Waals surface area contributed by atoms with Gasteiger partial charge in [0.25, 0.3) is 0 Å². The number of hydrogen-bond acceptors (Lipinski definition) is 5. The maximum atomic E-state index is 5.78. The molecule has 118 valence electrons. The van der Waals surface area contributed by atoms with Gasteiger partial charge in [0, 0.05) is 26.1 Å². The number of hydrogen-bond donors (Lipinski definition) is 2. The van der Waals surface area contributed by atoms with Gasteiger partial charge in [-0.05, 0) is 51.6 Å². The van der Waals surface area contributed by atoms with Crippen LogP contribution in [0, 0.1) is 5.92 Å². The molecule has 21 heavy (non-hydrogen) atoms.